The highest BCUT2D eigenvalue weighted by Gasteiger charge is 2.24. The third-order valence-corrected chi connectivity index (χ3v) is 3.54. The maximum atomic E-state index is 11.8. The van der Waals surface area contributed by atoms with Crippen molar-refractivity contribution in [1.29, 1.82) is 0 Å². The Kier molecular flexibility index (Phi) is 7.80. The van der Waals surface area contributed by atoms with Crippen molar-refractivity contribution in [2.45, 2.75) is 65.0 Å². The quantitative estimate of drug-likeness (QED) is 0.800. The average molecular weight is 263 g/mol. The Labute approximate surface area is 111 Å². The molecule has 2 atom stereocenters. The topological polar surface area (TPSA) is 55.1 Å². The lowest BCUT2D eigenvalue weighted by molar-refractivity contribution is -0.123. The Morgan fingerprint density at radius 3 is 2.29 bits per heavy atom. The highest BCUT2D eigenvalue weighted by Crippen LogP contribution is 2.27. The second-order valence-corrected chi connectivity index (χ2v) is 5.58. The summed E-state index contributed by atoms with van der Waals surface area (Å²) in [5.74, 6) is 1.16. The van der Waals surface area contributed by atoms with Gasteiger partial charge in [0.2, 0.25) is 5.91 Å². The highest BCUT2D eigenvalue weighted by atomic mass is 35.5. The number of halogens is 1. The van der Waals surface area contributed by atoms with Crippen LogP contribution in [-0.4, -0.2) is 18.0 Å². The monoisotopic (exact) mass is 262 g/mol. The first kappa shape index (κ1) is 16.7. The van der Waals surface area contributed by atoms with Crippen LogP contribution in [0.4, 0.5) is 0 Å². The van der Waals surface area contributed by atoms with Crippen molar-refractivity contribution in [1.82, 2.24) is 5.32 Å². The minimum atomic E-state index is -0.344. The van der Waals surface area contributed by atoms with Crippen LogP contribution in [-0.2, 0) is 4.79 Å². The largest absolute Gasteiger partial charge is 0.352 e. The van der Waals surface area contributed by atoms with Crippen LogP contribution in [0.2, 0.25) is 0 Å². The van der Waals surface area contributed by atoms with Crippen molar-refractivity contribution >= 4 is 18.3 Å². The Morgan fingerprint density at radius 1 is 1.29 bits per heavy atom. The van der Waals surface area contributed by atoms with Crippen molar-refractivity contribution in [2.24, 2.45) is 17.6 Å². The first-order valence-electron chi connectivity index (χ1n) is 6.56. The fraction of sp³-hybridized carbons (Fsp3) is 0.923. The lowest BCUT2D eigenvalue weighted by atomic mass is 9.98. The highest BCUT2D eigenvalue weighted by molar-refractivity contribution is 5.85. The number of rotatable bonds is 5. The summed E-state index contributed by atoms with van der Waals surface area (Å²) in [5, 5.41) is 3.06. The molecule has 0 radical (unpaired) electrons. The molecule has 0 aromatic rings. The molecule has 0 aromatic carbocycles. The van der Waals surface area contributed by atoms with Gasteiger partial charge in [0.1, 0.15) is 0 Å². The molecule has 3 N–H and O–H groups in total. The molecule has 1 unspecified atom stereocenters. The third-order valence-electron chi connectivity index (χ3n) is 3.54. The Hall–Kier alpha value is -0.280. The van der Waals surface area contributed by atoms with E-state index in [2.05, 4.69) is 26.1 Å². The number of nitrogens with one attached hydrogen (secondary N) is 1. The predicted molar refractivity (Wildman–Crippen MR) is 74.2 cm³/mol. The number of amides is 1. The molecule has 0 spiro atoms. The molecule has 0 heterocycles. The van der Waals surface area contributed by atoms with Crippen LogP contribution in [0.25, 0.3) is 0 Å². The molecule has 1 amide bonds. The van der Waals surface area contributed by atoms with Gasteiger partial charge in [0, 0.05) is 6.04 Å². The fourth-order valence-electron chi connectivity index (χ4n) is 2.52. The summed E-state index contributed by atoms with van der Waals surface area (Å²) in [7, 11) is 0. The summed E-state index contributed by atoms with van der Waals surface area (Å²) in [4.78, 5) is 11.8. The summed E-state index contributed by atoms with van der Waals surface area (Å²) >= 11 is 0. The van der Waals surface area contributed by atoms with E-state index in [1.807, 2.05) is 0 Å². The molecule has 102 valence electrons. The average Bonchev–Trinajstić information content (AvgIpc) is 2.68. The fourth-order valence-corrected chi connectivity index (χ4v) is 2.52. The predicted octanol–water partition coefficient (Wildman–Crippen LogP) is 2.48. The molecule has 1 aliphatic rings. The third kappa shape index (κ3) is 5.73. The summed E-state index contributed by atoms with van der Waals surface area (Å²) in [6.07, 6.45) is 5.89. The molecule has 0 aromatic heterocycles. The van der Waals surface area contributed by atoms with Gasteiger partial charge in [-0.1, -0.05) is 26.7 Å². The molecular formula is C13H27ClN2O. The standard InChI is InChI=1S/C13H26N2O.ClH/c1-9(2)8-12(14)13(16)15-10(3)11-6-4-5-7-11;/h9-12H,4-8,14H2,1-3H3,(H,15,16);1H/t10?,12-;/m0./s1. The molecule has 4 heteroatoms. The van der Waals surface area contributed by atoms with E-state index in [-0.39, 0.29) is 30.4 Å². The second-order valence-electron chi connectivity index (χ2n) is 5.58. The van der Waals surface area contributed by atoms with Gasteiger partial charge in [0.15, 0.2) is 0 Å². The van der Waals surface area contributed by atoms with E-state index < -0.39 is 0 Å². The first-order chi connectivity index (χ1) is 7.50. The van der Waals surface area contributed by atoms with E-state index in [0.29, 0.717) is 11.8 Å². The minimum Gasteiger partial charge on any atom is -0.352 e. The lowest BCUT2D eigenvalue weighted by Crippen LogP contribution is -2.46. The maximum Gasteiger partial charge on any atom is 0.237 e. The van der Waals surface area contributed by atoms with E-state index in [1.54, 1.807) is 0 Å². The van der Waals surface area contributed by atoms with Crippen LogP contribution in [0, 0.1) is 11.8 Å². The lowest BCUT2D eigenvalue weighted by Gasteiger charge is -2.23. The van der Waals surface area contributed by atoms with Gasteiger partial charge < -0.3 is 11.1 Å². The van der Waals surface area contributed by atoms with Crippen molar-refractivity contribution in [3.63, 3.8) is 0 Å². The van der Waals surface area contributed by atoms with Crippen LogP contribution in [0.3, 0.4) is 0 Å². The van der Waals surface area contributed by atoms with Gasteiger partial charge in [-0.05, 0) is 38.0 Å². The molecule has 1 saturated carbocycles. The van der Waals surface area contributed by atoms with Gasteiger partial charge >= 0.3 is 0 Å². The molecule has 0 aliphatic heterocycles. The van der Waals surface area contributed by atoms with Gasteiger partial charge in [-0.3, -0.25) is 4.79 Å². The number of hydrogen-bond donors (Lipinski definition) is 2. The van der Waals surface area contributed by atoms with Crippen molar-refractivity contribution in [3.05, 3.63) is 0 Å². The van der Waals surface area contributed by atoms with E-state index in [0.717, 1.165) is 6.42 Å². The van der Waals surface area contributed by atoms with Gasteiger partial charge in [-0.15, -0.1) is 12.4 Å². The molecule has 17 heavy (non-hydrogen) atoms. The van der Waals surface area contributed by atoms with E-state index >= 15 is 0 Å². The Balaban J connectivity index is 0.00000256. The number of hydrogen-bond acceptors (Lipinski definition) is 2. The zero-order valence-corrected chi connectivity index (χ0v) is 12.1. The normalized spacial score (nSPS) is 19.8. The van der Waals surface area contributed by atoms with Gasteiger partial charge in [0.25, 0.3) is 0 Å². The maximum absolute atomic E-state index is 11.8. The zero-order chi connectivity index (χ0) is 12.1. The number of carbonyl (C=O) groups is 1. The molecular weight excluding hydrogens is 236 g/mol. The summed E-state index contributed by atoms with van der Waals surface area (Å²) in [6.45, 7) is 6.29. The van der Waals surface area contributed by atoms with Crippen molar-refractivity contribution in [3.8, 4) is 0 Å². The van der Waals surface area contributed by atoms with E-state index in [9.17, 15) is 4.79 Å². The molecule has 3 nitrogen and oxygen atoms in total. The summed E-state index contributed by atoms with van der Waals surface area (Å²) < 4.78 is 0. The van der Waals surface area contributed by atoms with E-state index in [1.165, 1.54) is 25.7 Å². The molecule has 1 aliphatic carbocycles. The van der Waals surface area contributed by atoms with Crippen LogP contribution in [0.1, 0.15) is 52.9 Å². The Bertz CT molecular complexity index is 227. The smallest absolute Gasteiger partial charge is 0.237 e. The summed E-state index contributed by atoms with van der Waals surface area (Å²) in [6, 6.07) is -0.0583. The van der Waals surface area contributed by atoms with E-state index in [4.69, 9.17) is 5.73 Å². The number of carbonyl (C=O) groups excluding carboxylic acids is 1. The number of nitrogens with two attached hydrogens (primary N) is 1. The van der Waals surface area contributed by atoms with Gasteiger partial charge in [0.05, 0.1) is 6.04 Å². The summed E-state index contributed by atoms with van der Waals surface area (Å²) in [5.41, 5.74) is 5.85. The van der Waals surface area contributed by atoms with Crippen LogP contribution < -0.4 is 11.1 Å². The first-order valence-corrected chi connectivity index (χ1v) is 6.56. The van der Waals surface area contributed by atoms with Crippen LogP contribution in [0.5, 0.6) is 0 Å². The molecule has 0 saturated heterocycles. The van der Waals surface area contributed by atoms with Crippen molar-refractivity contribution < 1.29 is 4.79 Å². The molecule has 1 fully saturated rings. The molecule has 1 rings (SSSR count). The zero-order valence-electron chi connectivity index (χ0n) is 11.2. The van der Waals surface area contributed by atoms with Gasteiger partial charge in [-0.2, -0.15) is 0 Å². The second kappa shape index (κ2) is 7.93. The Morgan fingerprint density at radius 2 is 1.82 bits per heavy atom. The SMILES string of the molecule is CC(C)C[C@H](N)C(=O)NC(C)C1CCCC1.Cl. The minimum absolute atomic E-state index is 0. The van der Waals surface area contributed by atoms with Crippen LogP contribution >= 0.6 is 12.4 Å². The molecule has 0 bridgehead atoms. The van der Waals surface area contributed by atoms with Gasteiger partial charge in [-0.25, -0.2) is 0 Å². The van der Waals surface area contributed by atoms with Crippen molar-refractivity contribution in [2.75, 3.05) is 0 Å². The van der Waals surface area contributed by atoms with Crippen LogP contribution in [0.15, 0.2) is 0 Å².